The molecule has 2 heterocycles. The van der Waals surface area contributed by atoms with Gasteiger partial charge >= 0.3 is 0 Å². The van der Waals surface area contributed by atoms with Crippen molar-refractivity contribution in [1.82, 2.24) is 20.4 Å². The molecule has 1 aromatic carbocycles. The molecular formula is C16H18N4OS. The molecule has 0 bridgehead atoms. The molecule has 0 saturated carbocycles. The zero-order valence-corrected chi connectivity index (χ0v) is 13.4. The van der Waals surface area contributed by atoms with Gasteiger partial charge in [-0.1, -0.05) is 35.5 Å². The van der Waals surface area contributed by atoms with Crippen LogP contribution in [0.4, 0.5) is 0 Å². The zero-order chi connectivity index (χ0) is 15.4. The SMILES string of the molecule is CNC(C)Cc1noc(-c2csc(Cc3ccccc3)n2)n1. The second kappa shape index (κ2) is 6.81. The molecule has 114 valence electrons. The topological polar surface area (TPSA) is 63.8 Å². The molecule has 2 aromatic heterocycles. The highest BCUT2D eigenvalue weighted by Gasteiger charge is 2.14. The standard InChI is InChI=1S/C16H18N4OS/c1-11(17-2)8-14-19-16(21-20-14)13-10-22-15(18-13)9-12-6-4-3-5-7-12/h3-7,10-11,17H,8-9H2,1-2H3. The molecule has 0 aliphatic heterocycles. The van der Waals surface area contributed by atoms with E-state index in [1.807, 2.05) is 30.6 Å². The van der Waals surface area contributed by atoms with Crippen LogP contribution in [0.3, 0.4) is 0 Å². The van der Waals surface area contributed by atoms with Gasteiger partial charge in [-0.2, -0.15) is 4.98 Å². The molecule has 1 unspecified atom stereocenters. The lowest BCUT2D eigenvalue weighted by atomic mass is 10.2. The van der Waals surface area contributed by atoms with Crippen LogP contribution in [0.2, 0.25) is 0 Å². The van der Waals surface area contributed by atoms with Gasteiger partial charge in [0.25, 0.3) is 5.89 Å². The summed E-state index contributed by atoms with van der Waals surface area (Å²) >= 11 is 1.62. The van der Waals surface area contributed by atoms with Gasteiger partial charge in [0.15, 0.2) is 5.82 Å². The van der Waals surface area contributed by atoms with Crippen molar-refractivity contribution >= 4 is 11.3 Å². The third kappa shape index (κ3) is 3.58. The monoisotopic (exact) mass is 314 g/mol. The lowest BCUT2D eigenvalue weighted by Crippen LogP contribution is -2.24. The summed E-state index contributed by atoms with van der Waals surface area (Å²) in [6.45, 7) is 2.08. The first-order valence-corrected chi connectivity index (χ1v) is 8.11. The Kier molecular flexibility index (Phi) is 4.60. The van der Waals surface area contributed by atoms with Crippen LogP contribution < -0.4 is 5.32 Å². The van der Waals surface area contributed by atoms with Gasteiger partial charge in [-0.3, -0.25) is 0 Å². The molecule has 1 N–H and O–H groups in total. The molecule has 0 saturated heterocycles. The first-order chi connectivity index (χ1) is 10.7. The summed E-state index contributed by atoms with van der Waals surface area (Å²) in [5.41, 5.74) is 2.00. The number of aromatic nitrogens is 3. The van der Waals surface area contributed by atoms with Gasteiger partial charge in [-0.05, 0) is 19.5 Å². The van der Waals surface area contributed by atoms with Gasteiger partial charge in [-0.25, -0.2) is 4.98 Å². The van der Waals surface area contributed by atoms with Crippen LogP contribution in [0.1, 0.15) is 23.3 Å². The molecule has 3 aromatic rings. The fourth-order valence-electron chi connectivity index (χ4n) is 2.08. The van der Waals surface area contributed by atoms with Crippen LogP contribution in [0.25, 0.3) is 11.6 Å². The first kappa shape index (κ1) is 14.9. The van der Waals surface area contributed by atoms with Crippen molar-refractivity contribution in [2.24, 2.45) is 0 Å². The van der Waals surface area contributed by atoms with E-state index in [1.54, 1.807) is 11.3 Å². The van der Waals surface area contributed by atoms with Crippen LogP contribution in [-0.4, -0.2) is 28.2 Å². The van der Waals surface area contributed by atoms with Gasteiger partial charge in [0.1, 0.15) is 5.69 Å². The van der Waals surface area contributed by atoms with Crippen LogP contribution in [0, 0.1) is 0 Å². The summed E-state index contributed by atoms with van der Waals surface area (Å²) in [7, 11) is 1.92. The zero-order valence-electron chi connectivity index (χ0n) is 12.6. The molecule has 22 heavy (non-hydrogen) atoms. The van der Waals surface area contributed by atoms with Crippen LogP contribution in [0.5, 0.6) is 0 Å². The first-order valence-electron chi connectivity index (χ1n) is 7.23. The molecular weight excluding hydrogens is 296 g/mol. The smallest absolute Gasteiger partial charge is 0.277 e. The van der Waals surface area contributed by atoms with E-state index < -0.39 is 0 Å². The Morgan fingerprint density at radius 1 is 1.23 bits per heavy atom. The molecule has 0 amide bonds. The maximum atomic E-state index is 5.31. The van der Waals surface area contributed by atoms with E-state index in [0.717, 1.165) is 23.5 Å². The van der Waals surface area contributed by atoms with E-state index in [4.69, 9.17) is 4.52 Å². The Balaban J connectivity index is 1.71. The molecule has 0 radical (unpaired) electrons. The Labute approximate surface area is 133 Å². The second-order valence-corrected chi connectivity index (χ2v) is 6.14. The number of nitrogens with one attached hydrogen (secondary N) is 1. The Bertz CT molecular complexity index is 723. The largest absolute Gasteiger partial charge is 0.332 e. The number of nitrogens with zero attached hydrogens (tertiary/aromatic N) is 3. The van der Waals surface area contributed by atoms with Crippen molar-refractivity contribution in [2.75, 3.05) is 7.05 Å². The lowest BCUT2D eigenvalue weighted by Gasteiger charge is -2.04. The molecule has 5 nitrogen and oxygen atoms in total. The average Bonchev–Trinajstić information content (AvgIpc) is 3.17. The van der Waals surface area contributed by atoms with Crippen molar-refractivity contribution < 1.29 is 4.52 Å². The highest BCUT2D eigenvalue weighted by Crippen LogP contribution is 2.22. The van der Waals surface area contributed by atoms with E-state index in [2.05, 4.69) is 39.5 Å². The molecule has 0 aliphatic rings. The van der Waals surface area contributed by atoms with Gasteiger partial charge in [0.2, 0.25) is 0 Å². The maximum absolute atomic E-state index is 5.31. The number of rotatable bonds is 6. The molecule has 0 aliphatic carbocycles. The summed E-state index contributed by atoms with van der Waals surface area (Å²) in [6, 6.07) is 10.6. The highest BCUT2D eigenvalue weighted by molar-refractivity contribution is 7.10. The van der Waals surface area contributed by atoms with E-state index in [0.29, 0.717) is 17.8 Å². The van der Waals surface area contributed by atoms with Crippen LogP contribution >= 0.6 is 11.3 Å². The average molecular weight is 314 g/mol. The molecule has 1 atom stereocenters. The summed E-state index contributed by atoms with van der Waals surface area (Å²) in [5.74, 6) is 1.20. The van der Waals surface area contributed by atoms with Crippen molar-refractivity contribution in [3.63, 3.8) is 0 Å². The fourth-order valence-corrected chi connectivity index (χ4v) is 2.88. The summed E-state index contributed by atoms with van der Waals surface area (Å²) < 4.78 is 5.31. The lowest BCUT2D eigenvalue weighted by molar-refractivity contribution is 0.417. The number of thiazole rings is 1. The van der Waals surface area contributed by atoms with Crippen molar-refractivity contribution in [1.29, 1.82) is 0 Å². The van der Waals surface area contributed by atoms with Crippen molar-refractivity contribution in [3.05, 3.63) is 52.1 Å². The summed E-state index contributed by atoms with van der Waals surface area (Å²) in [4.78, 5) is 9.01. The van der Waals surface area contributed by atoms with Crippen LogP contribution in [-0.2, 0) is 12.8 Å². The Morgan fingerprint density at radius 2 is 2.05 bits per heavy atom. The van der Waals surface area contributed by atoms with Gasteiger partial charge in [0, 0.05) is 24.3 Å². The van der Waals surface area contributed by atoms with E-state index >= 15 is 0 Å². The quantitative estimate of drug-likeness (QED) is 0.758. The number of benzene rings is 1. The third-order valence-electron chi connectivity index (χ3n) is 3.42. The summed E-state index contributed by atoms with van der Waals surface area (Å²) in [5, 5.41) is 10.2. The Morgan fingerprint density at radius 3 is 2.82 bits per heavy atom. The van der Waals surface area contributed by atoms with Crippen molar-refractivity contribution in [3.8, 4) is 11.6 Å². The molecule has 3 rings (SSSR count). The molecule has 6 heteroatoms. The highest BCUT2D eigenvalue weighted by atomic mass is 32.1. The maximum Gasteiger partial charge on any atom is 0.277 e. The predicted molar refractivity (Wildman–Crippen MR) is 86.9 cm³/mol. The van der Waals surface area contributed by atoms with E-state index in [-0.39, 0.29) is 0 Å². The van der Waals surface area contributed by atoms with Gasteiger partial charge < -0.3 is 9.84 Å². The number of hydrogen-bond acceptors (Lipinski definition) is 6. The number of likely N-dealkylation sites (N-methyl/N-ethyl adjacent to an activating group) is 1. The van der Waals surface area contributed by atoms with Gasteiger partial charge in [-0.15, -0.1) is 11.3 Å². The molecule has 0 fully saturated rings. The predicted octanol–water partition coefficient (Wildman–Crippen LogP) is 2.93. The fraction of sp³-hybridized carbons (Fsp3) is 0.312. The Hall–Kier alpha value is -2.05. The van der Waals surface area contributed by atoms with E-state index in [1.165, 1.54) is 5.56 Å². The third-order valence-corrected chi connectivity index (χ3v) is 4.27. The minimum Gasteiger partial charge on any atom is -0.332 e. The van der Waals surface area contributed by atoms with Gasteiger partial charge in [0.05, 0.1) is 5.01 Å². The minimum absolute atomic E-state index is 0.314. The minimum atomic E-state index is 0.314. The van der Waals surface area contributed by atoms with E-state index in [9.17, 15) is 0 Å². The normalized spacial score (nSPS) is 12.5. The summed E-state index contributed by atoms with van der Waals surface area (Å²) in [6.07, 6.45) is 1.56. The number of hydrogen-bond donors (Lipinski definition) is 1. The van der Waals surface area contributed by atoms with Crippen LogP contribution in [0.15, 0.2) is 40.2 Å². The second-order valence-electron chi connectivity index (χ2n) is 5.20. The molecule has 0 spiro atoms. The van der Waals surface area contributed by atoms with Crippen molar-refractivity contribution in [2.45, 2.75) is 25.8 Å².